The summed E-state index contributed by atoms with van der Waals surface area (Å²) >= 11 is 0. The van der Waals surface area contributed by atoms with Gasteiger partial charge in [-0.25, -0.2) is 0 Å². The van der Waals surface area contributed by atoms with Crippen molar-refractivity contribution in [3.63, 3.8) is 0 Å². The van der Waals surface area contributed by atoms with Gasteiger partial charge in [-0.1, -0.05) is 39.0 Å². The van der Waals surface area contributed by atoms with Gasteiger partial charge < -0.3 is 10.4 Å². The third kappa shape index (κ3) is 2.93. The first-order valence-corrected chi connectivity index (χ1v) is 7.05. The Morgan fingerprint density at radius 3 is 2.65 bits per heavy atom. The van der Waals surface area contributed by atoms with Crippen LogP contribution in [0, 0.1) is 11.8 Å². The van der Waals surface area contributed by atoms with Crippen LogP contribution in [-0.4, -0.2) is 11.0 Å². The Balaban J connectivity index is 2.34. The number of carbonyl (C=O) groups is 1. The van der Waals surface area contributed by atoms with Crippen molar-refractivity contribution in [1.29, 1.82) is 0 Å². The maximum absolute atomic E-state index is 12.3. The Labute approximate surface area is 119 Å². The summed E-state index contributed by atoms with van der Waals surface area (Å²) in [7, 11) is 0. The molecule has 2 rings (SSSR count). The van der Waals surface area contributed by atoms with Gasteiger partial charge in [0.1, 0.15) is 5.75 Å². The van der Waals surface area contributed by atoms with Crippen LogP contribution in [0.5, 0.6) is 5.75 Å². The second-order valence-corrected chi connectivity index (χ2v) is 5.46. The molecule has 0 spiro atoms. The highest BCUT2D eigenvalue weighted by Crippen LogP contribution is 2.28. The lowest BCUT2D eigenvalue weighted by Crippen LogP contribution is -2.26. The maximum Gasteiger partial charge on any atom is 0.227 e. The first kappa shape index (κ1) is 14.4. The standard InChI is InChI=1S/C17H21NO2/c1-4-14(11(2)3)17(20)18-16-7-5-6-12-8-9-13(19)10-15(12)16/h5-11,14,19H,4H2,1-3H3,(H,18,20). The van der Waals surface area contributed by atoms with Crippen molar-refractivity contribution < 1.29 is 9.90 Å². The zero-order valence-electron chi connectivity index (χ0n) is 12.2. The van der Waals surface area contributed by atoms with E-state index in [1.165, 1.54) is 0 Å². The van der Waals surface area contributed by atoms with E-state index in [2.05, 4.69) is 19.2 Å². The van der Waals surface area contributed by atoms with Crippen LogP contribution in [0.4, 0.5) is 5.69 Å². The van der Waals surface area contributed by atoms with E-state index in [0.29, 0.717) is 5.92 Å². The molecule has 0 aliphatic carbocycles. The van der Waals surface area contributed by atoms with Gasteiger partial charge in [0.05, 0.1) is 0 Å². The molecule has 1 atom stereocenters. The van der Waals surface area contributed by atoms with E-state index in [1.807, 2.05) is 31.2 Å². The molecule has 3 nitrogen and oxygen atoms in total. The second kappa shape index (κ2) is 5.95. The predicted octanol–water partition coefficient (Wildman–Crippen LogP) is 4.17. The maximum atomic E-state index is 12.3. The first-order valence-electron chi connectivity index (χ1n) is 7.05. The van der Waals surface area contributed by atoms with Crippen molar-refractivity contribution >= 4 is 22.4 Å². The fraction of sp³-hybridized carbons (Fsp3) is 0.353. The lowest BCUT2D eigenvalue weighted by Gasteiger charge is -2.19. The number of hydrogen-bond donors (Lipinski definition) is 2. The Hall–Kier alpha value is -2.03. The number of hydrogen-bond acceptors (Lipinski definition) is 2. The average Bonchev–Trinajstić information content (AvgIpc) is 2.39. The number of aromatic hydroxyl groups is 1. The largest absolute Gasteiger partial charge is 0.508 e. The minimum absolute atomic E-state index is 0.00238. The van der Waals surface area contributed by atoms with Crippen LogP contribution in [0.25, 0.3) is 10.8 Å². The van der Waals surface area contributed by atoms with Crippen molar-refractivity contribution in [3.8, 4) is 5.75 Å². The highest BCUT2D eigenvalue weighted by molar-refractivity contribution is 6.03. The highest BCUT2D eigenvalue weighted by atomic mass is 16.3. The number of anilines is 1. The summed E-state index contributed by atoms with van der Waals surface area (Å²) in [5.41, 5.74) is 0.752. The summed E-state index contributed by atoms with van der Waals surface area (Å²) in [6, 6.07) is 10.9. The molecule has 106 valence electrons. The van der Waals surface area contributed by atoms with Crippen LogP contribution in [-0.2, 0) is 4.79 Å². The summed E-state index contributed by atoms with van der Waals surface area (Å²) in [5.74, 6) is 0.555. The van der Waals surface area contributed by atoms with Gasteiger partial charge in [-0.2, -0.15) is 0 Å². The van der Waals surface area contributed by atoms with E-state index in [4.69, 9.17) is 0 Å². The van der Waals surface area contributed by atoms with Crippen molar-refractivity contribution in [2.75, 3.05) is 5.32 Å². The molecule has 2 aromatic rings. The summed E-state index contributed by atoms with van der Waals surface area (Å²) < 4.78 is 0. The molecule has 0 aliphatic rings. The number of phenols is 1. The number of rotatable bonds is 4. The molecule has 0 saturated carbocycles. The molecule has 1 amide bonds. The molecule has 0 heterocycles. The van der Waals surface area contributed by atoms with Crippen LogP contribution in [0.15, 0.2) is 36.4 Å². The van der Waals surface area contributed by atoms with Crippen molar-refractivity contribution in [2.45, 2.75) is 27.2 Å². The third-order valence-electron chi connectivity index (χ3n) is 3.70. The number of carbonyl (C=O) groups excluding carboxylic acids is 1. The van der Waals surface area contributed by atoms with Crippen LogP contribution < -0.4 is 5.32 Å². The van der Waals surface area contributed by atoms with Gasteiger partial charge in [-0.15, -0.1) is 0 Å². The summed E-state index contributed by atoms with van der Waals surface area (Å²) in [4.78, 5) is 12.3. The number of amides is 1. The molecule has 0 saturated heterocycles. The molecule has 1 unspecified atom stereocenters. The van der Waals surface area contributed by atoms with Gasteiger partial charge in [0.15, 0.2) is 0 Å². The summed E-state index contributed by atoms with van der Waals surface area (Å²) in [6.45, 7) is 6.14. The minimum atomic E-state index is 0.00238. The Morgan fingerprint density at radius 2 is 2.00 bits per heavy atom. The number of benzene rings is 2. The topological polar surface area (TPSA) is 49.3 Å². The predicted molar refractivity (Wildman–Crippen MR) is 82.9 cm³/mol. The van der Waals surface area contributed by atoms with Gasteiger partial charge in [-0.05, 0) is 35.9 Å². The molecule has 2 aromatic carbocycles. The van der Waals surface area contributed by atoms with E-state index in [-0.39, 0.29) is 17.6 Å². The molecular weight excluding hydrogens is 250 g/mol. The van der Waals surface area contributed by atoms with E-state index in [1.54, 1.807) is 12.1 Å². The monoisotopic (exact) mass is 271 g/mol. The van der Waals surface area contributed by atoms with E-state index >= 15 is 0 Å². The van der Waals surface area contributed by atoms with Gasteiger partial charge >= 0.3 is 0 Å². The molecule has 0 fully saturated rings. The van der Waals surface area contributed by atoms with Crippen molar-refractivity contribution in [1.82, 2.24) is 0 Å². The quantitative estimate of drug-likeness (QED) is 0.877. The lowest BCUT2D eigenvalue weighted by molar-refractivity contribution is -0.121. The van der Waals surface area contributed by atoms with E-state index in [0.717, 1.165) is 22.9 Å². The molecule has 0 aliphatic heterocycles. The van der Waals surface area contributed by atoms with Crippen molar-refractivity contribution in [3.05, 3.63) is 36.4 Å². The molecule has 2 N–H and O–H groups in total. The molecule has 20 heavy (non-hydrogen) atoms. The zero-order valence-corrected chi connectivity index (χ0v) is 12.2. The first-order chi connectivity index (χ1) is 9.52. The average molecular weight is 271 g/mol. The highest BCUT2D eigenvalue weighted by Gasteiger charge is 2.20. The van der Waals surface area contributed by atoms with Gasteiger partial charge in [-0.3, -0.25) is 4.79 Å². The van der Waals surface area contributed by atoms with Gasteiger partial charge in [0, 0.05) is 17.0 Å². The summed E-state index contributed by atoms with van der Waals surface area (Å²) in [5, 5.41) is 14.5. The SMILES string of the molecule is CCC(C(=O)Nc1cccc2ccc(O)cc12)C(C)C. The van der Waals surface area contributed by atoms with Gasteiger partial charge in [0.2, 0.25) is 5.91 Å². The summed E-state index contributed by atoms with van der Waals surface area (Å²) in [6.07, 6.45) is 0.819. The van der Waals surface area contributed by atoms with Crippen LogP contribution in [0.1, 0.15) is 27.2 Å². The minimum Gasteiger partial charge on any atom is -0.508 e. The van der Waals surface area contributed by atoms with Gasteiger partial charge in [0.25, 0.3) is 0 Å². The number of phenolic OH excluding ortho intramolecular Hbond substituents is 1. The van der Waals surface area contributed by atoms with E-state index in [9.17, 15) is 9.90 Å². The van der Waals surface area contributed by atoms with Crippen molar-refractivity contribution in [2.24, 2.45) is 11.8 Å². The second-order valence-electron chi connectivity index (χ2n) is 5.46. The Morgan fingerprint density at radius 1 is 1.25 bits per heavy atom. The fourth-order valence-electron chi connectivity index (χ4n) is 2.55. The van der Waals surface area contributed by atoms with Crippen LogP contribution in [0.2, 0.25) is 0 Å². The van der Waals surface area contributed by atoms with Crippen LogP contribution >= 0.6 is 0 Å². The number of fused-ring (bicyclic) bond motifs is 1. The molecule has 0 aromatic heterocycles. The smallest absolute Gasteiger partial charge is 0.227 e. The zero-order chi connectivity index (χ0) is 14.7. The molecular formula is C17H21NO2. The molecule has 3 heteroatoms. The van der Waals surface area contributed by atoms with E-state index < -0.39 is 0 Å². The lowest BCUT2D eigenvalue weighted by atomic mass is 9.92. The molecule has 0 bridgehead atoms. The number of nitrogens with one attached hydrogen (secondary N) is 1. The van der Waals surface area contributed by atoms with Crippen LogP contribution in [0.3, 0.4) is 0 Å². The Kier molecular flexibility index (Phi) is 4.28. The Bertz CT molecular complexity index is 619. The normalized spacial score (nSPS) is 12.6. The fourth-order valence-corrected chi connectivity index (χ4v) is 2.55. The third-order valence-corrected chi connectivity index (χ3v) is 3.70. The molecule has 0 radical (unpaired) electrons.